The van der Waals surface area contributed by atoms with E-state index in [1.807, 2.05) is 0 Å². The van der Waals surface area contributed by atoms with Crippen LogP contribution in [0.25, 0.3) is 21.9 Å². The summed E-state index contributed by atoms with van der Waals surface area (Å²) in [6.07, 6.45) is 2.23. The fourth-order valence-electron chi connectivity index (χ4n) is 4.46. The van der Waals surface area contributed by atoms with Crippen molar-refractivity contribution in [2.24, 2.45) is 0 Å². The fourth-order valence-corrected chi connectivity index (χ4v) is 5.51. The monoisotopic (exact) mass is 496 g/mol. The van der Waals surface area contributed by atoms with Gasteiger partial charge in [0.25, 0.3) is 10.0 Å². The van der Waals surface area contributed by atoms with Crippen LogP contribution in [0.2, 0.25) is 0 Å². The maximum atomic E-state index is 13.2. The molecule has 182 valence electrons. The van der Waals surface area contributed by atoms with Gasteiger partial charge < -0.3 is 23.9 Å². The molecule has 1 aliphatic rings. The summed E-state index contributed by atoms with van der Waals surface area (Å²) >= 11 is 0. The fraction of sp³-hybridized carbons (Fsp3) is 0.240. The SMILES string of the molecule is COc1c(NS(=O)(=O)c2ccc(N3CCCC3)cc2)cc2oc3cccc(OC)c3c(=O)c2c1O. The van der Waals surface area contributed by atoms with Gasteiger partial charge in [-0.25, -0.2) is 8.42 Å². The Kier molecular flexibility index (Phi) is 5.68. The van der Waals surface area contributed by atoms with Gasteiger partial charge in [-0.05, 0) is 49.2 Å². The van der Waals surface area contributed by atoms with E-state index in [9.17, 15) is 18.3 Å². The van der Waals surface area contributed by atoms with Crippen molar-refractivity contribution < 1.29 is 27.4 Å². The van der Waals surface area contributed by atoms with Crippen molar-refractivity contribution in [3.8, 4) is 17.2 Å². The zero-order valence-electron chi connectivity index (χ0n) is 19.2. The number of fused-ring (bicyclic) bond motifs is 2. The normalized spacial score (nSPS) is 13.9. The molecule has 1 fully saturated rings. The Morgan fingerprint density at radius 3 is 2.34 bits per heavy atom. The first kappa shape index (κ1) is 22.9. The maximum absolute atomic E-state index is 13.2. The second-order valence-electron chi connectivity index (χ2n) is 8.24. The molecular formula is C25H24N2O7S. The first-order valence-electron chi connectivity index (χ1n) is 11.1. The molecule has 0 atom stereocenters. The molecule has 1 aliphatic heterocycles. The average molecular weight is 497 g/mol. The van der Waals surface area contributed by atoms with Crippen molar-refractivity contribution in [3.05, 3.63) is 58.8 Å². The Hall–Kier alpha value is -3.92. The lowest BCUT2D eigenvalue weighted by Gasteiger charge is -2.18. The molecule has 35 heavy (non-hydrogen) atoms. The number of hydrogen-bond acceptors (Lipinski definition) is 8. The quantitative estimate of drug-likeness (QED) is 0.384. The summed E-state index contributed by atoms with van der Waals surface area (Å²) in [4.78, 5) is 15.5. The van der Waals surface area contributed by atoms with Crippen molar-refractivity contribution in [2.45, 2.75) is 17.7 Å². The number of phenolic OH excluding ortho intramolecular Hbond substituents is 1. The van der Waals surface area contributed by atoms with Crippen molar-refractivity contribution >= 4 is 43.3 Å². The molecule has 0 aliphatic carbocycles. The zero-order chi connectivity index (χ0) is 24.7. The summed E-state index contributed by atoms with van der Waals surface area (Å²) in [5.41, 5.74) is 0.605. The van der Waals surface area contributed by atoms with E-state index < -0.39 is 21.2 Å². The van der Waals surface area contributed by atoms with E-state index in [4.69, 9.17) is 13.9 Å². The highest BCUT2D eigenvalue weighted by molar-refractivity contribution is 7.92. The molecular weight excluding hydrogens is 472 g/mol. The summed E-state index contributed by atoms with van der Waals surface area (Å²) in [5, 5.41) is 10.9. The number of phenols is 1. The van der Waals surface area contributed by atoms with Gasteiger partial charge in [-0.2, -0.15) is 0 Å². The van der Waals surface area contributed by atoms with E-state index in [2.05, 4.69) is 9.62 Å². The van der Waals surface area contributed by atoms with E-state index in [-0.39, 0.29) is 38.3 Å². The summed E-state index contributed by atoms with van der Waals surface area (Å²) < 4.78 is 45.1. The number of anilines is 2. The van der Waals surface area contributed by atoms with Crippen LogP contribution in [-0.2, 0) is 10.0 Å². The highest BCUT2D eigenvalue weighted by Crippen LogP contribution is 2.42. The highest BCUT2D eigenvalue weighted by Gasteiger charge is 2.24. The average Bonchev–Trinajstić information content (AvgIpc) is 3.38. The molecule has 0 amide bonds. The largest absolute Gasteiger partial charge is 0.504 e. The topological polar surface area (TPSA) is 118 Å². The van der Waals surface area contributed by atoms with Gasteiger partial charge in [-0.3, -0.25) is 9.52 Å². The van der Waals surface area contributed by atoms with E-state index in [1.165, 1.54) is 32.4 Å². The number of sulfonamides is 1. The number of ether oxygens (including phenoxy) is 2. The third kappa shape index (κ3) is 3.89. The first-order chi connectivity index (χ1) is 16.8. The number of nitrogens with zero attached hydrogens (tertiary/aromatic N) is 1. The third-order valence-electron chi connectivity index (χ3n) is 6.17. The summed E-state index contributed by atoms with van der Waals surface area (Å²) in [6.45, 7) is 1.90. The zero-order valence-corrected chi connectivity index (χ0v) is 20.0. The minimum Gasteiger partial charge on any atom is -0.504 e. The van der Waals surface area contributed by atoms with Crippen LogP contribution >= 0.6 is 0 Å². The van der Waals surface area contributed by atoms with E-state index >= 15 is 0 Å². The summed E-state index contributed by atoms with van der Waals surface area (Å²) in [5.74, 6) is -0.441. The summed E-state index contributed by atoms with van der Waals surface area (Å²) in [6, 6.07) is 12.8. The van der Waals surface area contributed by atoms with Crippen molar-refractivity contribution in [1.29, 1.82) is 0 Å². The molecule has 0 unspecified atom stereocenters. The Bertz CT molecular complexity index is 1590. The smallest absolute Gasteiger partial charge is 0.262 e. The van der Waals surface area contributed by atoms with Gasteiger partial charge in [0.05, 0.1) is 24.8 Å². The number of rotatable bonds is 6. The first-order valence-corrected chi connectivity index (χ1v) is 12.5. The molecule has 3 aromatic carbocycles. The second-order valence-corrected chi connectivity index (χ2v) is 9.92. The molecule has 9 nitrogen and oxygen atoms in total. The number of methoxy groups -OCH3 is 2. The van der Waals surface area contributed by atoms with E-state index in [1.54, 1.807) is 30.3 Å². The molecule has 0 bridgehead atoms. The number of nitrogens with one attached hydrogen (secondary N) is 1. The third-order valence-corrected chi connectivity index (χ3v) is 7.55. The van der Waals surface area contributed by atoms with Gasteiger partial charge in [0, 0.05) is 24.8 Å². The van der Waals surface area contributed by atoms with E-state index in [0.717, 1.165) is 31.6 Å². The van der Waals surface area contributed by atoms with Crippen molar-refractivity contribution in [2.75, 3.05) is 36.9 Å². The van der Waals surface area contributed by atoms with E-state index in [0.29, 0.717) is 5.75 Å². The minimum atomic E-state index is -4.03. The predicted molar refractivity (Wildman–Crippen MR) is 133 cm³/mol. The van der Waals surface area contributed by atoms with Crippen LogP contribution in [0.3, 0.4) is 0 Å². The Morgan fingerprint density at radius 2 is 1.69 bits per heavy atom. The molecule has 1 aromatic heterocycles. The van der Waals surface area contributed by atoms with Gasteiger partial charge >= 0.3 is 0 Å². The standard InChI is InChI=1S/C25H24N2O7S/c1-32-18-6-5-7-19-21(18)23(28)22-20(34-19)14-17(25(33-2)24(22)29)26-35(30,31)16-10-8-15(9-11-16)27-12-3-4-13-27/h5-11,14,26,29H,3-4,12-13H2,1-2H3. The molecule has 5 rings (SSSR count). The molecule has 0 spiro atoms. The lowest BCUT2D eigenvalue weighted by Crippen LogP contribution is -2.18. The van der Waals surface area contributed by atoms with Crippen LogP contribution in [0.5, 0.6) is 17.2 Å². The second kappa shape index (κ2) is 8.70. The molecule has 10 heteroatoms. The van der Waals surface area contributed by atoms with Crippen LogP contribution in [-0.4, -0.2) is 40.8 Å². The Labute approximate surface area is 201 Å². The van der Waals surface area contributed by atoms with Crippen LogP contribution in [0.4, 0.5) is 11.4 Å². The van der Waals surface area contributed by atoms with Gasteiger partial charge in [-0.1, -0.05) is 6.07 Å². The van der Waals surface area contributed by atoms with Gasteiger partial charge in [0.2, 0.25) is 5.43 Å². The maximum Gasteiger partial charge on any atom is 0.262 e. The Balaban J connectivity index is 1.59. The number of aromatic hydroxyl groups is 1. The molecule has 0 saturated carbocycles. The van der Waals surface area contributed by atoms with Crippen LogP contribution in [0.1, 0.15) is 12.8 Å². The van der Waals surface area contributed by atoms with Crippen molar-refractivity contribution in [1.82, 2.24) is 0 Å². The van der Waals surface area contributed by atoms with Gasteiger partial charge in [0.1, 0.15) is 27.7 Å². The molecule has 1 saturated heterocycles. The molecule has 0 radical (unpaired) electrons. The molecule has 2 heterocycles. The van der Waals surface area contributed by atoms with Crippen LogP contribution < -0.4 is 24.5 Å². The van der Waals surface area contributed by atoms with Crippen LogP contribution in [0, 0.1) is 0 Å². The molecule has 4 aromatic rings. The highest BCUT2D eigenvalue weighted by atomic mass is 32.2. The molecule has 2 N–H and O–H groups in total. The van der Waals surface area contributed by atoms with Crippen molar-refractivity contribution in [3.63, 3.8) is 0 Å². The van der Waals surface area contributed by atoms with Crippen LogP contribution in [0.15, 0.2) is 62.6 Å². The Morgan fingerprint density at radius 1 is 0.971 bits per heavy atom. The lowest BCUT2D eigenvalue weighted by molar-refractivity contribution is 0.378. The number of benzene rings is 3. The predicted octanol–water partition coefficient (Wildman–Crippen LogP) is 4.07. The lowest BCUT2D eigenvalue weighted by atomic mass is 10.1. The van der Waals surface area contributed by atoms with Gasteiger partial charge in [0.15, 0.2) is 11.5 Å². The summed E-state index contributed by atoms with van der Waals surface area (Å²) in [7, 11) is -1.34. The minimum absolute atomic E-state index is 0.00358. The van der Waals surface area contributed by atoms with Gasteiger partial charge in [-0.15, -0.1) is 0 Å². The number of hydrogen-bond donors (Lipinski definition) is 2.